The van der Waals surface area contributed by atoms with Crippen LogP contribution in [0.1, 0.15) is 47.0 Å². The largest absolute Gasteiger partial charge is 0.356 e. The van der Waals surface area contributed by atoms with Gasteiger partial charge in [0, 0.05) is 19.4 Å². The number of ketones is 1. The lowest BCUT2D eigenvalue weighted by molar-refractivity contribution is -0.121. The van der Waals surface area contributed by atoms with Crippen molar-refractivity contribution in [3.05, 3.63) is 0 Å². The third kappa shape index (κ3) is 11.1. The van der Waals surface area contributed by atoms with Crippen molar-refractivity contribution in [2.75, 3.05) is 6.54 Å². The molecule has 0 atom stereocenters. The minimum atomic E-state index is 0. The molecule has 0 aromatic carbocycles. The van der Waals surface area contributed by atoms with Gasteiger partial charge in [-0.2, -0.15) is 0 Å². The summed E-state index contributed by atoms with van der Waals surface area (Å²) in [5, 5.41) is 2.76. The first-order chi connectivity index (χ1) is 5.66. The second-order valence-electron chi connectivity index (χ2n) is 2.91. The fourth-order valence-corrected chi connectivity index (χ4v) is 0.851. The minimum Gasteiger partial charge on any atom is -0.356 e. The van der Waals surface area contributed by atoms with Gasteiger partial charge in [-0.25, -0.2) is 0 Å². The van der Waals surface area contributed by atoms with Gasteiger partial charge in [0.25, 0.3) is 0 Å². The van der Waals surface area contributed by atoms with Crippen LogP contribution in [-0.2, 0) is 9.59 Å². The van der Waals surface area contributed by atoms with Gasteiger partial charge in [0.2, 0.25) is 5.91 Å². The van der Waals surface area contributed by atoms with Crippen LogP contribution in [0.4, 0.5) is 0 Å². The Hall–Kier alpha value is -0.860. The first-order valence-corrected chi connectivity index (χ1v) is 4.43. The van der Waals surface area contributed by atoms with Crippen LogP contribution in [0.2, 0.25) is 0 Å². The molecule has 3 heteroatoms. The second-order valence-corrected chi connectivity index (χ2v) is 2.91. The zero-order chi connectivity index (χ0) is 9.40. The van der Waals surface area contributed by atoms with Gasteiger partial charge in [0.05, 0.1) is 0 Å². The van der Waals surface area contributed by atoms with Crippen molar-refractivity contribution in [2.45, 2.75) is 47.0 Å². The summed E-state index contributed by atoms with van der Waals surface area (Å²) in [7, 11) is 0. The molecule has 0 fully saturated rings. The molecular weight excluding hydrogens is 166 g/mol. The van der Waals surface area contributed by atoms with E-state index in [9.17, 15) is 9.59 Å². The molecule has 0 rings (SSSR count). The lowest BCUT2D eigenvalue weighted by Crippen LogP contribution is -2.23. The Morgan fingerprint density at radius 3 is 2.31 bits per heavy atom. The molecule has 3 nitrogen and oxygen atoms in total. The van der Waals surface area contributed by atoms with Gasteiger partial charge in [0.1, 0.15) is 5.78 Å². The normalized spacial score (nSPS) is 8.77. The minimum absolute atomic E-state index is 0. The molecule has 13 heavy (non-hydrogen) atoms. The molecule has 0 radical (unpaired) electrons. The van der Waals surface area contributed by atoms with E-state index in [1.807, 2.05) is 6.92 Å². The molecule has 78 valence electrons. The lowest BCUT2D eigenvalue weighted by atomic mass is 10.2. The molecule has 0 aliphatic heterocycles. The van der Waals surface area contributed by atoms with Crippen LogP contribution in [0.3, 0.4) is 0 Å². The summed E-state index contributed by atoms with van der Waals surface area (Å²) in [6.07, 6.45) is 2.61. The lowest BCUT2D eigenvalue weighted by Gasteiger charge is -2.01. The van der Waals surface area contributed by atoms with Crippen LogP contribution in [0, 0.1) is 0 Å². The zero-order valence-corrected chi connectivity index (χ0v) is 7.85. The maximum Gasteiger partial charge on any atom is 0.220 e. The molecule has 0 saturated heterocycles. The predicted molar refractivity (Wildman–Crippen MR) is 54.6 cm³/mol. The van der Waals surface area contributed by atoms with Crippen LogP contribution in [0.15, 0.2) is 0 Å². The smallest absolute Gasteiger partial charge is 0.220 e. The number of rotatable bonds is 6. The van der Waals surface area contributed by atoms with Crippen LogP contribution in [0.5, 0.6) is 0 Å². The molecule has 0 heterocycles. The fourth-order valence-electron chi connectivity index (χ4n) is 0.851. The summed E-state index contributed by atoms with van der Waals surface area (Å²) in [5.74, 6) is 0.205. The zero-order valence-electron chi connectivity index (χ0n) is 7.85. The van der Waals surface area contributed by atoms with E-state index in [-0.39, 0.29) is 19.1 Å². The number of hydrogen-bond acceptors (Lipinski definition) is 2. The molecule has 0 aliphatic carbocycles. The number of carbonyl (C=O) groups excluding carboxylic acids is 2. The summed E-state index contributed by atoms with van der Waals surface area (Å²) in [5.41, 5.74) is 0. The van der Waals surface area contributed by atoms with Crippen LogP contribution in [0.25, 0.3) is 0 Å². The van der Waals surface area contributed by atoms with Crippen molar-refractivity contribution >= 4 is 11.7 Å². The van der Waals surface area contributed by atoms with Gasteiger partial charge in [-0.3, -0.25) is 4.79 Å². The van der Waals surface area contributed by atoms with E-state index in [2.05, 4.69) is 5.32 Å². The van der Waals surface area contributed by atoms with Crippen molar-refractivity contribution in [3.8, 4) is 0 Å². The quantitative estimate of drug-likeness (QED) is 0.690. The van der Waals surface area contributed by atoms with Crippen molar-refractivity contribution in [3.63, 3.8) is 0 Å². The van der Waals surface area contributed by atoms with E-state index in [0.717, 1.165) is 13.0 Å². The van der Waals surface area contributed by atoms with E-state index >= 15 is 0 Å². The first-order valence-electron chi connectivity index (χ1n) is 4.43. The van der Waals surface area contributed by atoms with Gasteiger partial charge in [-0.1, -0.05) is 14.4 Å². The number of nitrogens with one attached hydrogen (secondary N) is 1. The third-order valence-electron chi connectivity index (χ3n) is 1.50. The highest BCUT2D eigenvalue weighted by molar-refractivity contribution is 5.78. The first kappa shape index (κ1) is 14.7. The number of Topliss-reactive ketones (excluding diaryl/α,β-unsaturated/α-hetero) is 1. The summed E-state index contributed by atoms with van der Waals surface area (Å²) < 4.78 is 0. The molecule has 0 bridgehead atoms. The number of amides is 1. The van der Waals surface area contributed by atoms with Crippen LogP contribution >= 0.6 is 0 Å². The highest BCUT2D eigenvalue weighted by atomic mass is 16.1. The monoisotopic (exact) mass is 187 g/mol. The molecule has 1 amide bonds. The van der Waals surface area contributed by atoms with Crippen molar-refractivity contribution in [1.29, 1.82) is 0 Å². The Kier molecular flexibility index (Phi) is 10.4. The molecule has 0 aliphatic rings. The topological polar surface area (TPSA) is 46.2 Å². The molecule has 0 saturated carbocycles. The summed E-state index contributed by atoms with van der Waals surface area (Å²) in [6, 6.07) is 0. The molecule has 0 unspecified atom stereocenters. The Morgan fingerprint density at radius 2 is 1.85 bits per heavy atom. The molecule has 0 spiro atoms. The van der Waals surface area contributed by atoms with Crippen molar-refractivity contribution < 1.29 is 9.59 Å². The number of hydrogen-bond donors (Lipinski definition) is 1. The van der Waals surface area contributed by atoms with Gasteiger partial charge in [-0.15, -0.1) is 0 Å². The van der Waals surface area contributed by atoms with E-state index in [1.54, 1.807) is 6.92 Å². The van der Waals surface area contributed by atoms with E-state index in [1.165, 1.54) is 0 Å². The van der Waals surface area contributed by atoms with Crippen LogP contribution in [-0.4, -0.2) is 18.2 Å². The predicted octanol–water partition coefficient (Wildman–Crippen LogP) is 1.91. The maximum atomic E-state index is 11.0. The van der Waals surface area contributed by atoms with Gasteiger partial charge < -0.3 is 10.1 Å². The molecule has 0 aromatic rings. The van der Waals surface area contributed by atoms with E-state index in [4.69, 9.17) is 0 Å². The van der Waals surface area contributed by atoms with Gasteiger partial charge in [0.15, 0.2) is 0 Å². The van der Waals surface area contributed by atoms with Gasteiger partial charge >= 0.3 is 0 Å². The fraction of sp³-hybridized carbons (Fsp3) is 0.800. The highest BCUT2D eigenvalue weighted by Gasteiger charge is 2.00. The summed E-state index contributed by atoms with van der Waals surface area (Å²) in [4.78, 5) is 21.5. The third-order valence-corrected chi connectivity index (χ3v) is 1.50. The summed E-state index contributed by atoms with van der Waals surface area (Å²) >= 11 is 0. The Bertz CT molecular complexity index is 155. The standard InChI is InChI=1S/C9H17NO2.CH4/c1-3-7-10-9(12)6-4-5-8(2)11;/h3-7H2,1-2H3,(H,10,12);1H4. The number of carbonyl (C=O) groups is 2. The second kappa shape index (κ2) is 9.23. The van der Waals surface area contributed by atoms with E-state index in [0.29, 0.717) is 19.3 Å². The average molecular weight is 187 g/mol. The van der Waals surface area contributed by atoms with Crippen LogP contribution < -0.4 is 5.32 Å². The van der Waals surface area contributed by atoms with E-state index < -0.39 is 0 Å². The molecule has 1 N–H and O–H groups in total. The Labute approximate surface area is 80.9 Å². The SMILES string of the molecule is C.CCCNC(=O)CCCC(C)=O. The Morgan fingerprint density at radius 1 is 1.23 bits per heavy atom. The van der Waals surface area contributed by atoms with Crippen molar-refractivity contribution in [2.24, 2.45) is 0 Å². The van der Waals surface area contributed by atoms with Gasteiger partial charge in [-0.05, 0) is 19.8 Å². The van der Waals surface area contributed by atoms with Crippen molar-refractivity contribution in [1.82, 2.24) is 5.32 Å². The Balaban J connectivity index is 0. The summed E-state index contributed by atoms with van der Waals surface area (Å²) in [6.45, 7) is 4.29. The average Bonchev–Trinajstić information content (AvgIpc) is 2.00. The highest BCUT2D eigenvalue weighted by Crippen LogP contribution is 1.95. The molecular formula is C10H21NO2. The maximum absolute atomic E-state index is 11.0. The molecule has 0 aromatic heterocycles.